The quantitative estimate of drug-likeness (QED) is 0.158. The molecule has 58 heavy (non-hydrogen) atoms. The lowest BCUT2D eigenvalue weighted by atomic mass is 9.96. The van der Waals surface area contributed by atoms with Crippen molar-refractivity contribution in [1.82, 2.24) is 4.57 Å². The third-order valence-electron chi connectivity index (χ3n) is 11.5. The van der Waals surface area contributed by atoms with Gasteiger partial charge in [0.1, 0.15) is 0 Å². The predicted molar refractivity (Wildman–Crippen MR) is 247 cm³/mol. The molecule has 1 aromatic heterocycles. The second-order valence-corrected chi connectivity index (χ2v) is 14.9. The van der Waals surface area contributed by atoms with E-state index in [0.29, 0.717) is 0 Å². The lowest BCUT2D eigenvalue weighted by molar-refractivity contribution is 1.19. The van der Waals surface area contributed by atoms with Crippen LogP contribution in [0.25, 0.3) is 82.4 Å². The zero-order valence-electron chi connectivity index (χ0n) is 31.8. The van der Waals surface area contributed by atoms with Gasteiger partial charge < -0.3 is 9.47 Å². The van der Waals surface area contributed by atoms with Gasteiger partial charge in [0.05, 0.1) is 16.7 Å². The van der Waals surface area contributed by atoms with E-state index in [1.807, 2.05) is 0 Å². The Hall–Kier alpha value is -7.68. The first kappa shape index (κ1) is 33.6. The molecule has 0 N–H and O–H groups in total. The molecule has 0 aliphatic carbocycles. The highest BCUT2D eigenvalue weighted by atomic mass is 15.1. The molecular weight excluding hydrogens is 701 g/mol. The van der Waals surface area contributed by atoms with E-state index >= 15 is 0 Å². The van der Waals surface area contributed by atoms with E-state index < -0.39 is 0 Å². The number of nitrogens with zero attached hydrogens (tertiary/aromatic N) is 2. The number of hydrogen-bond acceptors (Lipinski definition) is 1. The van der Waals surface area contributed by atoms with Crippen LogP contribution in [0.15, 0.2) is 231 Å². The molecule has 0 aliphatic heterocycles. The number of benzene rings is 10. The molecule has 0 saturated heterocycles. The minimum atomic E-state index is 1.09. The normalized spacial score (nSPS) is 11.4. The van der Waals surface area contributed by atoms with Crippen LogP contribution in [0.4, 0.5) is 17.1 Å². The molecule has 272 valence electrons. The summed E-state index contributed by atoms with van der Waals surface area (Å²) in [5.74, 6) is 0. The second kappa shape index (κ2) is 14.1. The van der Waals surface area contributed by atoms with Crippen LogP contribution in [0.2, 0.25) is 0 Å². The molecule has 11 aromatic rings. The zero-order chi connectivity index (χ0) is 38.4. The smallest absolute Gasteiger partial charge is 0.0619 e. The molecule has 11 rings (SSSR count). The van der Waals surface area contributed by atoms with Gasteiger partial charge in [0.15, 0.2) is 0 Å². The second-order valence-electron chi connectivity index (χ2n) is 14.9. The Labute approximate surface area is 338 Å². The van der Waals surface area contributed by atoms with Gasteiger partial charge in [-0.1, -0.05) is 176 Å². The van der Waals surface area contributed by atoms with Crippen molar-refractivity contribution in [3.05, 3.63) is 231 Å². The summed E-state index contributed by atoms with van der Waals surface area (Å²) in [7, 11) is 0. The number of fused-ring (bicyclic) bond motifs is 6. The molecule has 0 unspecified atom stereocenters. The van der Waals surface area contributed by atoms with Crippen molar-refractivity contribution < 1.29 is 0 Å². The summed E-state index contributed by atoms with van der Waals surface area (Å²) in [6, 6.07) is 83.8. The molecule has 0 fully saturated rings. The lowest BCUT2D eigenvalue weighted by Gasteiger charge is -2.28. The Morgan fingerprint density at radius 3 is 1.60 bits per heavy atom. The van der Waals surface area contributed by atoms with Gasteiger partial charge in [0, 0.05) is 38.6 Å². The summed E-state index contributed by atoms with van der Waals surface area (Å²) in [6.45, 7) is 0. The molecule has 0 aliphatic rings. The number of hydrogen-bond donors (Lipinski definition) is 0. The summed E-state index contributed by atoms with van der Waals surface area (Å²) in [6.07, 6.45) is 0. The highest BCUT2D eigenvalue weighted by Gasteiger charge is 2.21. The first-order valence-electron chi connectivity index (χ1n) is 19.9. The predicted octanol–water partition coefficient (Wildman–Crippen LogP) is 15.6. The number of aromatic nitrogens is 1. The minimum Gasteiger partial charge on any atom is -0.310 e. The lowest BCUT2D eigenvalue weighted by Crippen LogP contribution is -2.11. The fraction of sp³-hybridized carbons (Fsp3) is 0. The Balaban J connectivity index is 1.18. The molecule has 2 nitrogen and oxygen atoms in total. The monoisotopic (exact) mass is 738 g/mol. The van der Waals surface area contributed by atoms with Gasteiger partial charge in [-0.3, -0.25) is 0 Å². The molecule has 0 saturated carbocycles. The molecule has 0 radical (unpaired) electrons. The number of rotatable bonds is 7. The Kier molecular flexibility index (Phi) is 8.19. The summed E-state index contributed by atoms with van der Waals surface area (Å²) in [5.41, 5.74) is 14.0. The van der Waals surface area contributed by atoms with Gasteiger partial charge in [-0.25, -0.2) is 0 Å². The van der Waals surface area contributed by atoms with Crippen LogP contribution in [0.1, 0.15) is 0 Å². The number of para-hydroxylation sites is 1. The van der Waals surface area contributed by atoms with Crippen molar-refractivity contribution >= 4 is 60.4 Å². The maximum atomic E-state index is 2.45. The molecule has 10 aromatic carbocycles. The van der Waals surface area contributed by atoms with Crippen LogP contribution < -0.4 is 4.90 Å². The Morgan fingerprint density at radius 1 is 0.328 bits per heavy atom. The van der Waals surface area contributed by atoms with E-state index in [1.165, 1.54) is 71.2 Å². The van der Waals surface area contributed by atoms with E-state index in [-0.39, 0.29) is 0 Å². The number of anilines is 3. The molecule has 1 heterocycles. The minimum absolute atomic E-state index is 1.09. The first-order chi connectivity index (χ1) is 28.8. The van der Waals surface area contributed by atoms with Crippen molar-refractivity contribution in [1.29, 1.82) is 0 Å². The highest BCUT2D eigenvalue weighted by Crippen LogP contribution is 2.45. The van der Waals surface area contributed by atoms with Crippen molar-refractivity contribution in [3.8, 4) is 39.1 Å². The average Bonchev–Trinajstić information content (AvgIpc) is 3.65. The van der Waals surface area contributed by atoms with Crippen LogP contribution in [0.5, 0.6) is 0 Å². The third-order valence-corrected chi connectivity index (χ3v) is 11.5. The Bertz CT molecular complexity index is 3210. The molecule has 0 spiro atoms. The maximum Gasteiger partial charge on any atom is 0.0619 e. The van der Waals surface area contributed by atoms with Gasteiger partial charge in [-0.05, 0) is 98.8 Å². The van der Waals surface area contributed by atoms with Gasteiger partial charge in [0.25, 0.3) is 0 Å². The van der Waals surface area contributed by atoms with Gasteiger partial charge >= 0.3 is 0 Å². The maximum absolute atomic E-state index is 2.45. The summed E-state index contributed by atoms with van der Waals surface area (Å²) < 4.78 is 2.45. The fourth-order valence-corrected chi connectivity index (χ4v) is 8.89. The van der Waals surface area contributed by atoms with E-state index in [4.69, 9.17) is 0 Å². The van der Waals surface area contributed by atoms with Gasteiger partial charge in [-0.15, -0.1) is 0 Å². The standard InChI is InChI=1S/C56H38N2/c1-4-17-39(18-5-1)44-35-45(40-19-6-2-7-20-40)38-48(37-44)57(53-31-15-23-41-21-10-12-28-49(41)53)47-27-14-24-43(36-47)50-30-16-32-54-55(50)52-34-33-42-22-11-13-29-51(42)56(52)58(54)46-25-8-3-9-26-46/h1-38H. The molecule has 0 atom stereocenters. The van der Waals surface area contributed by atoms with Crippen LogP contribution in [0, 0.1) is 0 Å². The van der Waals surface area contributed by atoms with E-state index in [2.05, 4.69) is 240 Å². The largest absolute Gasteiger partial charge is 0.310 e. The van der Waals surface area contributed by atoms with Crippen molar-refractivity contribution in [3.63, 3.8) is 0 Å². The SMILES string of the molecule is c1ccc(-c2cc(-c3ccccc3)cc(N(c3cccc(-c4cccc5c4c4ccc6ccccc6c4n5-c4ccccc4)c3)c3cccc4ccccc34)c2)cc1. The highest BCUT2D eigenvalue weighted by molar-refractivity contribution is 6.22. The van der Waals surface area contributed by atoms with Crippen LogP contribution in [-0.2, 0) is 0 Å². The van der Waals surface area contributed by atoms with Crippen LogP contribution >= 0.6 is 0 Å². The zero-order valence-corrected chi connectivity index (χ0v) is 31.8. The van der Waals surface area contributed by atoms with Gasteiger partial charge in [0.2, 0.25) is 0 Å². The fourth-order valence-electron chi connectivity index (χ4n) is 8.89. The van der Waals surface area contributed by atoms with E-state index in [0.717, 1.165) is 28.3 Å². The Morgan fingerprint density at radius 2 is 0.879 bits per heavy atom. The average molecular weight is 739 g/mol. The first-order valence-corrected chi connectivity index (χ1v) is 19.9. The van der Waals surface area contributed by atoms with Gasteiger partial charge in [-0.2, -0.15) is 0 Å². The molecular formula is C56H38N2. The van der Waals surface area contributed by atoms with E-state index in [1.54, 1.807) is 0 Å². The topological polar surface area (TPSA) is 8.17 Å². The molecule has 0 amide bonds. The van der Waals surface area contributed by atoms with Crippen LogP contribution in [0.3, 0.4) is 0 Å². The molecule has 0 bridgehead atoms. The van der Waals surface area contributed by atoms with Crippen molar-refractivity contribution in [2.24, 2.45) is 0 Å². The van der Waals surface area contributed by atoms with Crippen molar-refractivity contribution in [2.75, 3.05) is 4.90 Å². The van der Waals surface area contributed by atoms with Crippen molar-refractivity contribution in [2.45, 2.75) is 0 Å². The third kappa shape index (κ3) is 5.74. The summed E-state index contributed by atoms with van der Waals surface area (Å²) in [5, 5.41) is 7.37. The summed E-state index contributed by atoms with van der Waals surface area (Å²) >= 11 is 0. The van der Waals surface area contributed by atoms with E-state index in [9.17, 15) is 0 Å². The molecule has 2 heteroatoms. The van der Waals surface area contributed by atoms with Crippen LogP contribution in [-0.4, -0.2) is 4.57 Å². The summed E-state index contributed by atoms with van der Waals surface area (Å²) in [4.78, 5) is 2.45.